The Kier molecular flexibility index (Phi) is 4.73. The van der Waals surface area contributed by atoms with E-state index in [0.29, 0.717) is 19.6 Å². The third kappa shape index (κ3) is 3.70. The van der Waals surface area contributed by atoms with Gasteiger partial charge in [0.15, 0.2) is 0 Å². The normalized spacial score (nSPS) is 24.1. The Labute approximate surface area is 109 Å². The van der Waals surface area contributed by atoms with Crippen molar-refractivity contribution in [3.05, 3.63) is 0 Å². The zero-order chi connectivity index (χ0) is 13.9. The van der Waals surface area contributed by atoms with E-state index in [0.717, 1.165) is 0 Å². The summed E-state index contributed by atoms with van der Waals surface area (Å²) in [6.45, 7) is 10.3. The number of ether oxygens (including phenoxy) is 1. The lowest BCUT2D eigenvalue weighted by atomic mass is 10.0. The van der Waals surface area contributed by atoms with E-state index in [2.05, 4.69) is 5.32 Å². The van der Waals surface area contributed by atoms with Gasteiger partial charge < -0.3 is 15.0 Å². The molecule has 5 nitrogen and oxygen atoms in total. The Morgan fingerprint density at radius 3 is 2.61 bits per heavy atom. The van der Waals surface area contributed by atoms with E-state index in [1.54, 1.807) is 18.7 Å². The third-order valence-electron chi connectivity index (χ3n) is 3.04. The number of carbonyl (C=O) groups excluding carboxylic acids is 2. The van der Waals surface area contributed by atoms with E-state index < -0.39 is 5.54 Å². The Hall–Kier alpha value is -1.10. The first-order chi connectivity index (χ1) is 8.24. The first-order valence-corrected chi connectivity index (χ1v) is 6.47. The van der Waals surface area contributed by atoms with Gasteiger partial charge in [-0.1, -0.05) is 0 Å². The van der Waals surface area contributed by atoms with Gasteiger partial charge in [0.05, 0.1) is 12.7 Å². The summed E-state index contributed by atoms with van der Waals surface area (Å²) in [5.41, 5.74) is -0.834. The standard InChI is InChI=1S/C13H24N2O3/c1-9(2)18-7-6-15-10(3)8-11(16)14-13(4,5)12(15)17/h9-10H,6-8H2,1-5H3,(H,14,16). The number of carbonyl (C=O) groups is 2. The van der Waals surface area contributed by atoms with Crippen LogP contribution in [0.4, 0.5) is 0 Å². The molecule has 5 heteroatoms. The van der Waals surface area contributed by atoms with Gasteiger partial charge in [-0.25, -0.2) is 0 Å². The average Bonchev–Trinajstić information content (AvgIpc) is 2.27. The van der Waals surface area contributed by atoms with Gasteiger partial charge in [0.25, 0.3) is 0 Å². The summed E-state index contributed by atoms with van der Waals surface area (Å²) in [4.78, 5) is 25.8. The lowest BCUT2D eigenvalue weighted by Crippen LogP contribution is -2.54. The van der Waals surface area contributed by atoms with Crippen LogP contribution in [0.15, 0.2) is 0 Å². The van der Waals surface area contributed by atoms with E-state index in [-0.39, 0.29) is 24.0 Å². The second-order valence-corrected chi connectivity index (χ2v) is 5.64. The lowest BCUT2D eigenvalue weighted by Gasteiger charge is -2.32. The molecule has 1 aliphatic heterocycles. The van der Waals surface area contributed by atoms with Crippen LogP contribution in [0.25, 0.3) is 0 Å². The summed E-state index contributed by atoms with van der Waals surface area (Å²) < 4.78 is 5.48. The molecule has 0 aromatic rings. The number of hydrogen-bond acceptors (Lipinski definition) is 3. The van der Waals surface area contributed by atoms with Crippen molar-refractivity contribution in [3.63, 3.8) is 0 Å². The highest BCUT2D eigenvalue weighted by Gasteiger charge is 2.39. The minimum absolute atomic E-state index is 0.0480. The van der Waals surface area contributed by atoms with Crippen molar-refractivity contribution < 1.29 is 14.3 Å². The molecule has 18 heavy (non-hydrogen) atoms. The molecule has 0 aromatic heterocycles. The molecule has 2 amide bonds. The summed E-state index contributed by atoms with van der Waals surface area (Å²) in [5, 5.41) is 2.76. The molecule has 1 aliphatic rings. The first-order valence-electron chi connectivity index (χ1n) is 6.47. The lowest BCUT2D eigenvalue weighted by molar-refractivity contribution is -0.139. The fourth-order valence-electron chi connectivity index (χ4n) is 2.10. The molecule has 1 saturated heterocycles. The van der Waals surface area contributed by atoms with E-state index in [9.17, 15) is 9.59 Å². The van der Waals surface area contributed by atoms with Crippen LogP contribution in [-0.4, -0.2) is 47.6 Å². The van der Waals surface area contributed by atoms with Crippen molar-refractivity contribution in [2.45, 2.75) is 58.7 Å². The van der Waals surface area contributed by atoms with Crippen molar-refractivity contribution in [2.75, 3.05) is 13.2 Å². The summed E-state index contributed by atoms with van der Waals surface area (Å²) in [6.07, 6.45) is 0.492. The van der Waals surface area contributed by atoms with Crippen LogP contribution in [-0.2, 0) is 14.3 Å². The highest BCUT2D eigenvalue weighted by molar-refractivity contribution is 5.93. The van der Waals surface area contributed by atoms with Crippen molar-refractivity contribution in [3.8, 4) is 0 Å². The highest BCUT2D eigenvalue weighted by atomic mass is 16.5. The van der Waals surface area contributed by atoms with Crippen molar-refractivity contribution in [2.24, 2.45) is 0 Å². The van der Waals surface area contributed by atoms with E-state index >= 15 is 0 Å². The molecule has 1 heterocycles. The van der Waals surface area contributed by atoms with Crippen molar-refractivity contribution in [1.29, 1.82) is 0 Å². The fraction of sp³-hybridized carbons (Fsp3) is 0.846. The SMILES string of the molecule is CC(C)OCCN1C(=O)C(C)(C)NC(=O)CC1C. The molecule has 0 spiro atoms. The maximum absolute atomic E-state index is 12.4. The first kappa shape index (κ1) is 15.0. The largest absolute Gasteiger partial charge is 0.377 e. The monoisotopic (exact) mass is 256 g/mol. The van der Waals surface area contributed by atoms with E-state index in [4.69, 9.17) is 4.74 Å². The molecule has 0 aliphatic carbocycles. The van der Waals surface area contributed by atoms with Crippen LogP contribution in [0.1, 0.15) is 41.0 Å². The molecule has 0 saturated carbocycles. The van der Waals surface area contributed by atoms with E-state index in [1.165, 1.54) is 0 Å². The Balaban J connectivity index is 2.73. The predicted octanol–water partition coefficient (Wildman–Crippen LogP) is 0.927. The van der Waals surface area contributed by atoms with Gasteiger partial charge >= 0.3 is 0 Å². The zero-order valence-corrected chi connectivity index (χ0v) is 11.9. The van der Waals surface area contributed by atoms with Crippen LogP contribution in [0.5, 0.6) is 0 Å². The van der Waals surface area contributed by atoms with Gasteiger partial charge in [0.2, 0.25) is 11.8 Å². The van der Waals surface area contributed by atoms with Crippen LogP contribution in [0.2, 0.25) is 0 Å². The average molecular weight is 256 g/mol. The number of nitrogens with one attached hydrogen (secondary N) is 1. The molecular formula is C13H24N2O3. The summed E-state index contributed by atoms with van der Waals surface area (Å²) in [7, 11) is 0. The van der Waals surface area contributed by atoms with Gasteiger partial charge in [-0.05, 0) is 34.6 Å². The molecule has 1 rings (SSSR count). The molecule has 1 atom stereocenters. The molecule has 104 valence electrons. The number of nitrogens with zero attached hydrogens (tertiary/aromatic N) is 1. The highest BCUT2D eigenvalue weighted by Crippen LogP contribution is 2.17. The Morgan fingerprint density at radius 1 is 1.44 bits per heavy atom. The van der Waals surface area contributed by atoms with Gasteiger partial charge in [0, 0.05) is 19.0 Å². The van der Waals surface area contributed by atoms with Crippen LogP contribution in [0.3, 0.4) is 0 Å². The van der Waals surface area contributed by atoms with Crippen molar-refractivity contribution >= 4 is 11.8 Å². The van der Waals surface area contributed by atoms with Gasteiger partial charge in [-0.2, -0.15) is 0 Å². The zero-order valence-electron chi connectivity index (χ0n) is 11.9. The van der Waals surface area contributed by atoms with Crippen LogP contribution < -0.4 is 5.32 Å². The molecule has 0 radical (unpaired) electrons. The Bertz CT molecular complexity index is 326. The molecule has 1 unspecified atom stereocenters. The molecular weight excluding hydrogens is 232 g/mol. The maximum atomic E-state index is 12.4. The van der Waals surface area contributed by atoms with Crippen LogP contribution in [0, 0.1) is 0 Å². The molecule has 0 aromatic carbocycles. The Morgan fingerprint density at radius 2 is 2.06 bits per heavy atom. The number of hydrogen-bond donors (Lipinski definition) is 1. The topological polar surface area (TPSA) is 58.6 Å². The van der Waals surface area contributed by atoms with Gasteiger partial charge in [-0.3, -0.25) is 9.59 Å². The number of rotatable bonds is 4. The second-order valence-electron chi connectivity index (χ2n) is 5.64. The minimum atomic E-state index is -0.834. The van der Waals surface area contributed by atoms with Gasteiger partial charge in [-0.15, -0.1) is 0 Å². The predicted molar refractivity (Wildman–Crippen MR) is 69.1 cm³/mol. The molecule has 1 N–H and O–H groups in total. The van der Waals surface area contributed by atoms with Gasteiger partial charge in [0.1, 0.15) is 5.54 Å². The quantitative estimate of drug-likeness (QED) is 0.814. The molecule has 1 fully saturated rings. The summed E-state index contributed by atoms with van der Waals surface area (Å²) in [6, 6.07) is -0.0879. The third-order valence-corrected chi connectivity index (χ3v) is 3.04. The maximum Gasteiger partial charge on any atom is 0.248 e. The summed E-state index contributed by atoms with van der Waals surface area (Å²) in [5.74, 6) is -0.124. The smallest absolute Gasteiger partial charge is 0.248 e. The fourth-order valence-corrected chi connectivity index (χ4v) is 2.10. The minimum Gasteiger partial charge on any atom is -0.377 e. The summed E-state index contributed by atoms with van der Waals surface area (Å²) >= 11 is 0. The number of amides is 2. The van der Waals surface area contributed by atoms with E-state index in [1.807, 2.05) is 20.8 Å². The van der Waals surface area contributed by atoms with Crippen LogP contribution >= 0.6 is 0 Å². The second kappa shape index (κ2) is 5.69. The van der Waals surface area contributed by atoms with Crippen molar-refractivity contribution in [1.82, 2.24) is 10.2 Å². The molecule has 0 bridgehead atoms.